The molecule has 0 fully saturated rings. The van der Waals surface area contributed by atoms with Crippen LogP contribution in [0.15, 0.2) is 30.3 Å². The molecule has 0 radical (unpaired) electrons. The van der Waals surface area contributed by atoms with Crippen LogP contribution >= 0.6 is 11.6 Å². The third-order valence-corrected chi connectivity index (χ3v) is 4.11. The summed E-state index contributed by atoms with van der Waals surface area (Å²) in [6.07, 6.45) is 0. The summed E-state index contributed by atoms with van der Waals surface area (Å²) in [5, 5.41) is 23.9. The molecule has 0 bridgehead atoms. The van der Waals surface area contributed by atoms with Crippen LogP contribution in [0.25, 0.3) is 0 Å². The highest BCUT2D eigenvalue weighted by atomic mass is 35.5. The quantitative estimate of drug-likeness (QED) is 0.438. The maximum Gasteiger partial charge on any atom is 0.340 e. The maximum absolute atomic E-state index is 12.0. The minimum atomic E-state index is -0.968. The first-order valence-corrected chi connectivity index (χ1v) is 8.14. The Morgan fingerprint density at radius 1 is 1.07 bits per heavy atom. The van der Waals surface area contributed by atoms with Crippen LogP contribution in [0.4, 0.5) is 17.1 Å². The summed E-state index contributed by atoms with van der Waals surface area (Å²) in [5.74, 6) is -1.76. The Hall–Kier alpha value is -3.53. The Kier molecular flexibility index (Phi) is 6.26. The molecule has 0 aliphatic carbocycles. The molecule has 11 heteroatoms. The summed E-state index contributed by atoms with van der Waals surface area (Å²) < 4.78 is 4.82. The molecule has 2 aromatic rings. The van der Waals surface area contributed by atoms with Crippen molar-refractivity contribution in [2.24, 2.45) is 0 Å². The van der Waals surface area contributed by atoms with Gasteiger partial charge < -0.3 is 10.1 Å². The summed E-state index contributed by atoms with van der Waals surface area (Å²) in [6, 6.07) is 5.93. The number of amides is 1. The molecular formula is C17H14ClN3O7. The van der Waals surface area contributed by atoms with Gasteiger partial charge >= 0.3 is 5.97 Å². The van der Waals surface area contributed by atoms with Crippen LogP contribution in [-0.2, 0) is 9.53 Å². The van der Waals surface area contributed by atoms with E-state index < -0.39 is 28.3 Å². The topological polar surface area (TPSA) is 142 Å². The number of hydrogen-bond donors (Lipinski definition) is 1. The molecule has 0 unspecified atom stereocenters. The van der Waals surface area contributed by atoms with Gasteiger partial charge in [0, 0.05) is 18.2 Å². The number of halogens is 1. The molecule has 0 aromatic heterocycles. The van der Waals surface area contributed by atoms with Crippen molar-refractivity contribution in [3.05, 3.63) is 72.3 Å². The second kappa shape index (κ2) is 8.44. The van der Waals surface area contributed by atoms with Crippen LogP contribution in [0.3, 0.4) is 0 Å². The van der Waals surface area contributed by atoms with Gasteiger partial charge in [-0.3, -0.25) is 25.0 Å². The van der Waals surface area contributed by atoms with Gasteiger partial charge in [-0.25, -0.2) is 4.79 Å². The summed E-state index contributed by atoms with van der Waals surface area (Å²) >= 11 is 5.82. The van der Waals surface area contributed by atoms with E-state index in [0.717, 1.165) is 23.8 Å². The van der Waals surface area contributed by atoms with Gasteiger partial charge in [0.15, 0.2) is 6.61 Å². The smallest absolute Gasteiger partial charge is 0.340 e. The van der Waals surface area contributed by atoms with Gasteiger partial charge in [0.05, 0.1) is 20.4 Å². The minimum Gasteiger partial charge on any atom is -0.452 e. The number of carbonyl (C=O) groups is 2. The lowest BCUT2D eigenvalue weighted by molar-refractivity contribution is -0.384. The van der Waals surface area contributed by atoms with Crippen molar-refractivity contribution in [1.29, 1.82) is 0 Å². The Bertz CT molecular complexity index is 991. The average molecular weight is 408 g/mol. The third-order valence-electron chi connectivity index (χ3n) is 3.80. The zero-order chi connectivity index (χ0) is 21.0. The van der Waals surface area contributed by atoms with E-state index in [0.29, 0.717) is 5.56 Å². The minimum absolute atomic E-state index is 0.0254. The van der Waals surface area contributed by atoms with E-state index in [1.807, 2.05) is 0 Å². The molecule has 0 heterocycles. The molecule has 0 aliphatic rings. The number of non-ortho nitro benzene ring substituents is 1. The second-order valence-corrected chi connectivity index (χ2v) is 6.16. The number of nitrogens with one attached hydrogen (secondary N) is 1. The molecule has 0 aliphatic heterocycles. The van der Waals surface area contributed by atoms with E-state index in [-0.39, 0.29) is 27.6 Å². The van der Waals surface area contributed by atoms with Crippen LogP contribution in [0.1, 0.15) is 21.5 Å². The van der Waals surface area contributed by atoms with Gasteiger partial charge in [0.2, 0.25) is 0 Å². The lowest BCUT2D eigenvalue weighted by Gasteiger charge is -2.10. The van der Waals surface area contributed by atoms with Gasteiger partial charge in [0.1, 0.15) is 5.69 Å². The number of aryl methyl sites for hydroxylation is 2. The lowest BCUT2D eigenvalue weighted by atomic mass is 10.1. The van der Waals surface area contributed by atoms with Crippen molar-refractivity contribution < 1.29 is 24.2 Å². The highest BCUT2D eigenvalue weighted by Crippen LogP contribution is 2.28. The fraction of sp³-hybridized carbons (Fsp3) is 0.176. The van der Waals surface area contributed by atoms with E-state index in [1.54, 1.807) is 13.8 Å². The van der Waals surface area contributed by atoms with Gasteiger partial charge in [-0.15, -0.1) is 0 Å². The van der Waals surface area contributed by atoms with Crippen LogP contribution in [0, 0.1) is 34.1 Å². The van der Waals surface area contributed by atoms with Crippen molar-refractivity contribution in [3.8, 4) is 0 Å². The van der Waals surface area contributed by atoms with E-state index >= 15 is 0 Å². The summed E-state index contributed by atoms with van der Waals surface area (Å²) in [6.45, 7) is 2.70. The van der Waals surface area contributed by atoms with Crippen molar-refractivity contribution in [1.82, 2.24) is 0 Å². The van der Waals surface area contributed by atoms with E-state index in [9.17, 15) is 29.8 Å². The molecule has 0 saturated heterocycles. The summed E-state index contributed by atoms with van der Waals surface area (Å²) in [4.78, 5) is 44.5. The fourth-order valence-corrected chi connectivity index (χ4v) is 2.48. The van der Waals surface area contributed by atoms with Gasteiger partial charge in [-0.05, 0) is 37.1 Å². The predicted molar refractivity (Wildman–Crippen MR) is 99.6 cm³/mol. The number of ether oxygens (including phenoxy) is 1. The summed E-state index contributed by atoms with van der Waals surface area (Å²) in [5.41, 5.74) is 0.641. The first-order chi connectivity index (χ1) is 13.1. The Morgan fingerprint density at radius 3 is 2.29 bits per heavy atom. The lowest BCUT2D eigenvalue weighted by Crippen LogP contribution is -2.21. The molecular weight excluding hydrogens is 394 g/mol. The van der Waals surface area contributed by atoms with E-state index in [1.165, 1.54) is 12.1 Å². The number of esters is 1. The fourth-order valence-electron chi connectivity index (χ4n) is 2.23. The molecule has 2 aromatic carbocycles. The number of carbonyl (C=O) groups excluding carboxylic acids is 2. The number of nitrogens with zero attached hydrogens (tertiary/aromatic N) is 2. The highest BCUT2D eigenvalue weighted by Gasteiger charge is 2.20. The SMILES string of the molecule is Cc1cc(NC(=O)COC(=O)c2ccc([N+](=O)[O-])cc2Cl)c([N+](=O)[O-])cc1C. The van der Waals surface area contributed by atoms with Crippen LogP contribution in [0.5, 0.6) is 0 Å². The number of hydrogen-bond acceptors (Lipinski definition) is 7. The third kappa shape index (κ3) is 4.80. The van der Waals surface area contributed by atoms with Crippen molar-refractivity contribution >= 4 is 40.5 Å². The van der Waals surface area contributed by atoms with Crippen LogP contribution < -0.4 is 5.32 Å². The average Bonchev–Trinajstić information content (AvgIpc) is 2.62. The highest BCUT2D eigenvalue weighted by molar-refractivity contribution is 6.33. The van der Waals surface area contributed by atoms with Crippen LogP contribution in [-0.4, -0.2) is 28.3 Å². The Morgan fingerprint density at radius 2 is 1.71 bits per heavy atom. The largest absolute Gasteiger partial charge is 0.452 e. The molecule has 10 nitrogen and oxygen atoms in total. The maximum atomic E-state index is 12.0. The van der Waals surface area contributed by atoms with Crippen molar-refractivity contribution in [2.45, 2.75) is 13.8 Å². The molecule has 0 spiro atoms. The van der Waals surface area contributed by atoms with Gasteiger partial charge in [0.25, 0.3) is 17.3 Å². The van der Waals surface area contributed by atoms with Gasteiger partial charge in [-0.2, -0.15) is 0 Å². The molecule has 28 heavy (non-hydrogen) atoms. The van der Waals surface area contributed by atoms with Crippen molar-refractivity contribution in [2.75, 3.05) is 11.9 Å². The number of nitro groups is 2. The number of rotatable bonds is 6. The number of nitro benzene ring substituents is 2. The second-order valence-electron chi connectivity index (χ2n) is 5.76. The monoisotopic (exact) mass is 407 g/mol. The zero-order valence-corrected chi connectivity index (χ0v) is 15.5. The number of benzene rings is 2. The Balaban J connectivity index is 2.07. The first-order valence-electron chi connectivity index (χ1n) is 7.76. The standard InChI is InChI=1S/C17H14ClN3O7/c1-9-5-14(15(21(26)27)6-10(9)2)19-16(22)8-28-17(23)12-4-3-11(20(24)25)7-13(12)18/h3-7H,8H2,1-2H3,(H,19,22). The molecule has 1 amide bonds. The molecule has 0 atom stereocenters. The molecule has 146 valence electrons. The summed E-state index contributed by atoms with van der Waals surface area (Å²) in [7, 11) is 0. The molecule has 2 rings (SSSR count). The number of anilines is 1. The predicted octanol–water partition coefficient (Wildman–Crippen LogP) is 3.57. The van der Waals surface area contributed by atoms with Gasteiger partial charge in [-0.1, -0.05) is 11.6 Å². The normalized spacial score (nSPS) is 10.2. The van der Waals surface area contributed by atoms with E-state index in [2.05, 4.69) is 5.32 Å². The van der Waals surface area contributed by atoms with E-state index in [4.69, 9.17) is 16.3 Å². The zero-order valence-electron chi connectivity index (χ0n) is 14.7. The molecule has 0 saturated carbocycles. The molecule has 1 N–H and O–H groups in total. The first kappa shape index (κ1) is 20.8. The van der Waals surface area contributed by atoms with Crippen molar-refractivity contribution in [3.63, 3.8) is 0 Å². The Labute approximate surface area is 163 Å². The van der Waals surface area contributed by atoms with Crippen LogP contribution in [0.2, 0.25) is 5.02 Å².